The number of aryl methyl sites for hydroxylation is 3. The summed E-state index contributed by atoms with van der Waals surface area (Å²) in [5.74, 6) is 1.72. The summed E-state index contributed by atoms with van der Waals surface area (Å²) in [7, 11) is 0. The highest BCUT2D eigenvalue weighted by Crippen LogP contribution is 2.34. The highest BCUT2D eigenvalue weighted by molar-refractivity contribution is 7.15. The monoisotopic (exact) mass is 423 g/mol. The quantitative estimate of drug-likeness (QED) is 0.488. The molecule has 0 saturated carbocycles. The molecule has 0 unspecified atom stereocenters. The van der Waals surface area contributed by atoms with E-state index in [1.807, 2.05) is 35.9 Å². The lowest BCUT2D eigenvalue weighted by atomic mass is 10.0. The third kappa shape index (κ3) is 3.38. The summed E-state index contributed by atoms with van der Waals surface area (Å²) >= 11 is 8.28. The SMILES string of the molecule is Cc1nnc2n1-c1sc(CCCn3cncn3)cc1C(c1ccccc1Cl)=NC2. The number of fused-ring (bicyclic) bond motifs is 3. The van der Waals surface area contributed by atoms with E-state index < -0.39 is 0 Å². The average molecular weight is 424 g/mol. The standard InChI is InChI=1S/C20H18ClN7S/c1-13-25-26-18-10-23-19(15-6-2-3-7-17(15)21)16-9-14(29-20(16)28(13)18)5-4-8-27-12-22-11-24-27/h2-3,6-7,9,11-12H,4-5,8,10H2,1H3. The van der Waals surface area contributed by atoms with Gasteiger partial charge in [-0.2, -0.15) is 5.10 Å². The summed E-state index contributed by atoms with van der Waals surface area (Å²) in [6, 6.07) is 10.1. The van der Waals surface area contributed by atoms with Crippen LogP contribution in [0.25, 0.3) is 5.00 Å². The van der Waals surface area contributed by atoms with Crippen LogP contribution >= 0.6 is 22.9 Å². The maximum atomic E-state index is 6.51. The van der Waals surface area contributed by atoms with E-state index in [9.17, 15) is 0 Å². The van der Waals surface area contributed by atoms with Gasteiger partial charge < -0.3 is 0 Å². The van der Waals surface area contributed by atoms with Crippen molar-refractivity contribution in [1.82, 2.24) is 29.5 Å². The van der Waals surface area contributed by atoms with E-state index in [1.54, 1.807) is 24.0 Å². The molecule has 7 nitrogen and oxygen atoms in total. The zero-order valence-corrected chi connectivity index (χ0v) is 17.4. The molecule has 0 radical (unpaired) electrons. The summed E-state index contributed by atoms with van der Waals surface area (Å²) in [5, 5.41) is 14.6. The van der Waals surface area contributed by atoms with Crippen LogP contribution in [0.1, 0.15) is 34.1 Å². The smallest absolute Gasteiger partial charge is 0.160 e. The Hall–Kier alpha value is -2.84. The van der Waals surface area contributed by atoms with Crippen LogP contribution in [-0.4, -0.2) is 35.2 Å². The van der Waals surface area contributed by atoms with Gasteiger partial charge in [0.15, 0.2) is 5.82 Å². The lowest BCUT2D eigenvalue weighted by Crippen LogP contribution is -2.05. The maximum absolute atomic E-state index is 6.51. The number of rotatable bonds is 5. The fourth-order valence-corrected chi connectivity index (χ4v) is 5.04. The minimum absolute atomic E-state index is 0.477. The molecule has 1 aliphatic heterocycles. The first-order valence-corrected chi connectivity index (χ1v) is 10.6. The highest BCUT2D eigenvalue weighted by atomic mass is 35.5. The van der Waals surface area contributed by atoms with E-state index in [2.05, 4.69) is 30.9 Å². The second-order valence-corrected chi connectivity index (χ2v) is 8.36. The molecule has 0 saturated heterocycles. The molecule has 146 valence electrons. The predicted octanol–water partition coefficient (Wildman–Crippen LogP) is 3.87. The minimum atomic E-state index is 0.477. The molecule has 5 rings (SSSR count). The minimum Gasteiger partial charge on any atom is -0.276 e. The lowest BCUT2D eigenvalue weighted by Gasteiger charge is -2.08. The van der Waals surface area contributed by atoms with Crippen LogP contribution in [0.5, 0.6) is 0 Å². The molecule has 1 aliphatic rings. The van der Waals surface area contributed by atoms with Crippen LogP contribution in [-0.2, 0) is 19.5 Å². The first-order chi connectivity index (χ1) is 14.2. The Kier molecular flexibility index (Phi) is 4.73. The number of hydrogen-bond donors (Lipinski definition) is 0. The predicted molar refractivity (Wildman–Crippen MR) is 113 cm³/mol. The second-order valence-electron chi connectivity index (χ2n) is 6.84. The molecule has 0 amide bonds. The molecular formula is C20H18ClN7S. The van der Waals surface area contributed by atoms with Gasteiger partial charge in [0.2, 0.25) is 0 Å². The Morgan fingerprint density at radius 1 is 1.17 bits per heavy atom. The van der Waals surface area contributed by atoms with E-state index in [4.69, 9.17) is 16.6 Å². The average Bonchev–Trinajstić information content (AvgIpc) is 3.43. The number of nitrogens with zero attached hydrogens (tertiary/aromatic N) is 7. The van der Waals surface area contributed by atoms with Gasteiger partial charge in [-0.3, -0.25) is 14.2 Å². The summed E-state index contributed by atoms with van der Waals surface area (Å²) in [6.45, 7) is 3.29. The Labute approximate surface area is 176 Å². The van der Waals surface area contributed by atoms with Gasteiger partial charge in [0.1, 0.15) is 30.0 Å². The van der Waals surface area contributed by atoms with E-state index in [0.717, 1.165) is 52.9 Å². The number of aliphatic imine (C=N–C) groups is 1. The van der Waals surface area contributed by atoms with Crippen molar-refractivity contribution >= 4 is 28.6 Å². The van der Waals surface area contributed by atoms with Crippen LogP contribution in [0.4, 0.5) is 0 Å². The first-order valence-electron chi connectivity index (χ1n) is 9.37. The molecule has 0 aliphatic carbocycles. The lowest BCUT2D eigenvalue weighted by molar-refractivity contribution is 0.579. The molecular weight excluding hydrogens is 406 g/mol. The third-order valence-corrected chi connectivity index (χ3v) is 6.41. The fraction of sp³-hybridized carbons (Fsp3) is 0.250. The zero-order valence-electron chi connectivity index (χ0n) is 15.8. The van der Waals surface area contributed by atoms with Crippen molar-refractivity contribution in [3.05, 3.63) is 75.7 Å². The van der Waals surface area contributed by atoms with Crippen molar-refractivity contribution in [3.8, 4) is 5.00 Å². The normalized spacial score (nSPS) is 13.0. The number of thiophene rings is 1. The molecule has 1 aromatic carbocycles. The van der Waals surface area contributed by atoms with Gasteiger partial charge in [-0.1, -0.05) is 29.8 Å². The summed E-state index contributed by atoms with van der Waals surface area (Å²) in [6.07, 6.45) is 5.24. The maximum Gasteiger partial charge on any atom is 0.160 e. The second kappa shape index (κ2) is 7.53. The Morgan fingerprint density at radius 3 is 2.90 bits per heavy atom. The fourth-order valence-electron chi connectivity index (χ4n) is 3.55. The topological polar surface area (TPSA) is 73.8 Å². The first kappa shape index (κ1) is 18.2. The van der Waals surface area contributed by atoms with Crippen LogP contribution in [0.3, 0.4) is 0 Å². The number of hydrogen-bond acceptors (Lipinski definition) is 6. The van der Waals surface area contributed by atoms with Crippen molar-refractivity contribution in [3.63, 3.8) is 0 Å². The third-order valence-electron chi connectivity index (χ3n) is 4.90. The van der Waals surface area contributed by atoms with E-state index >= 15 is 0 Å². The van der Waals surface area contributed by atoms with Crippen LogP contribution < -0.4 is 0 Å². The molecule has 4 heterocycles. The van der Waals surface area contributed by atoms with Gasteiger partial charge in [0, 0.05) is 27.6 Å². The van der Waals surface area contributed by atoms with Crippen molar-refractivity contribution in [2.45, 2.75) is 32.9 Å². The number of benzene rings is 1. The molecule has 3 aromatic heterocycles. The van der Waals surface area contributed by atoms with Gasteiger partial charge in [-0.25, -0.2) is 4.98 Å². The van der Waals surface area contributed by atoms with Crippen molar-refractivity contribution in [1.29, 1.82) is 0 Å². The van der Waals surface area contributed by atoms with Crippen molar-refractivity contribution < 1.29 is 0 Å². The summed E-state index contributed by atoms with van der Waals surface area (Å²) < 4.78 is 3.98. The van der Waals surface area contributed by atoms with Gasteiger partial charge in [-0.15, -0.1) is 21.5 Å². The molecule has 29 heavy (non-hydrogen) atoms. The van der Waals surface area contributed by atoms with Crippen molar-refractivity contribution in [2.75, 3.05) is 0 Å². The van der Waals surface area contributed by atoms with Crippen molar-refractivity contribution in [2.24, 2.45) is 4.99 Å². The van der Waals surface area contributed by atoms with E-state index in [-0.39, 0.29) is 0 Å². The van der Waals surface area contributed by atoms with Crippen LogP contribution in [0, 0.1) is 6.92 Å². The van der Waals surface area contributed by atoms with Gasteiger partial charge >= 0.3 is 0 Å². The molecule has 9 heteroatoms. The summed E-state index contributed by atoms with van der Waals surface area (Å²) in [4.78, 5) is 10.2. The van der Waals surface area contributed by atoms with Gasteiger partial charge in [0.05, 0.1) is 5.71 Å². The molecule has 0 bridgehead atoms. The van der Waals surface area contributed by atoms with Crippen LogP contribution in [0.15, 0.2) is 48.0 Å². The molecule has 0 spiro atoms. The Morgan fingerprint density at radius 2 is 2.07 bits per heavy atom. The number of halogens is 1. The van der Waals surface area contributed by atoms with Gasteiger partial charge in [-0.05, 0) is 31.9 Å². The number of aromatic nitrogens is 6. The largest absolute Gasteiger partial charge is 0.276 e. The van der Waals surface area contributed by atoms with Crippen LogP contribution in [0.2, 0.25) is 5.02 Å². The van der Waals surface area contributed by atoms with Gasteiger partial charge in [0.25, 0.3) is 0 Å². The highest BCUT2D eigenvalue weighted by Gasteiger charge is 2.25. The Bertz CT molecular complexity index is 1190. The molecule has 0 fully saturated rings. The van der Waals surface area contributed by atoms with E-state index in [0.29, 0.717) is 11.6 Å². The molecule has 0 atom stereocenters. The zero-order chi connectivity index (χ0) is 19.8. The molecule has 4 aromatic rings. The molecule has 0 N–H and O–H groups in total. The Balaban J connectivity index is 1.54. The van der Waals surface area contributed by atoms with E-state index in [1.165, 1.54) is 4.88 Å². The summed E-state index contributed by atoms with van der Waals surface area (Å²) in [5.41, 5.74) is 2.94.